The number of nitro groups is 1. The predicted octanol–water partition coefficient (Wildman–Crippen LogP) is 9.57. The molecule has 4 aliphatic carbocycles. The zero-order chi connectivity index (χ0) is 93.9. The van der Waals surface area contributed by atoms with Crippen LogP contribution in [0.3, 0.4) is 0 Å². The zero-order valence-corrected chi connectivity index (χ0v) is 74.3. The van der Waals surface area contributed by atoms with Gasteiger partial charge in [0.05, 0.1) is 41.3 Å². The van der Waals surface area contributed by atoms with Crippen molar-refractivity contribution >= 4 is 106 Å². The minimum Gasteiger partial charge on any atom is -0.464 e. The molecule has 4 saturated carbocycles. The van der Waals surface area contributed by atoms with Gasteiger partial charge in [-0.15, -0.1) is 0 Å². The van der Waals surface area contributed by atoms with Gasteiger partial charge in [0.2, 0.25) is 17.7 Å². The topological polar surface area (TPSA) is 467 Å². The second-order valence-electron chi connectivity index (χ2n) is 35.3. The van der Waals surface area contributed by atoms with Crippen LogP contribution in [0.25, 0.3) is 0 Å². The Labute approximate surface area is 773 Å². The maximum absolute atomic E-state index is 15.7. The fourth-order valence-corrected chi connectivity index (χ4v) is 18.7. The van der Waals surface area contributed by atoms with Crippen LogP contribution in [0, 0.1) is 10.1 Å². The molecule has 0 spiro atoms. The number of nitrogens with zero attached hydrogens (tertiary/aromatic N) is 5. The molecule has 34 nitrogen and oxygen atoms in total. The highest BCUT2D eigenvalue weighted by atomic mass is 16.6. The molecule has 3 aliphatic heterocycles. The van der Waals surface area contributed by atoms with Crippen molar-refractivity contribution in [3.05, 3.63) is 271 Å². The molecule has 34 heteroatoms. The van der Waals surface area contributed by atoms with Crippen molar-refractivity contribution in [3.63, 3.8) is 0 Å². The van der Waals surface area contributed by atoms with E-state index in [9.17, 15) is 58.1 Å². The predicted molar refractivity (Wildman–Crippen MR) is 495 cm³/mol. The number of fused-ring (bicyclic) bond motifs is 12. The molecular weight excluding hydrogens is 1710 g/mol. The van der Waals surface area contributed by atoms with Crippen molar-refractivity contribution in [2.75, 3.05) is 37.7 Å². The van der Waals surface area contributed by atoms with Gasteiger partial charge >= 0.3 is 5.97 Å². The highest BCUT2D eigenvalue weighted by Gasteiger charge is 2.42. The number of hydrogen-bond donors (Lipinski definition) is 12. The molecule has 8 aromatic carbocycles. The average Bonchev–Trinajstić information content (AvgIpc) is 1.61. The van der Waals surface area contributed by atoms with E-state index < -0.39 is 167 Å². The first-order chi connectivity index (χ1) is 64.9. The van der Waals surface area contributed by atoms with E-state index in [1.807, 2.05) is 24.0 Å². The van der Waals surface area contributed by atoms with Gasteiger partial charge in [-0.25, -0.2) is 0 Å². The molecule has 0 aromatic heterocycles. The van der Waals surface area contributed by atoms with E-state index in [0.29, 0.717) is 106 Å². The second kappa shape index (κ2) is 43.9. The van der Waals surface area contributed by atoms with E-state index in [1.165, 1.54) is 77.7 Å². The van der Waals surface area contributed by atoms with Crippen LogP contribution in [0.5, 0.6) is 0 Å². The lowest BCUT2D eigenvalue weighted by Crippen LogP contribution is -2.58. The van der Waals surface area contributed by atoms with Crippen molar-refractivity contribution in [2.45, 2.75) is 208 Å². The minimum atomic E-state index is -1.49. The smallest absolute Gasteiger partial charge is 0.306 e. The summed E-state index contributed by atoms with van der Waals surface area (Å²) in [5.74, 6) is -9.15. The molecular formula is C100H109N17O17. The van der Waals surface area contributed by atoms with Crippen molar-refractivity contribution < 1.29 is 76.8 Å². The Morgan fingerprint density at radius 1 is 0.410 bits per heavy atom. The zero-order valence-electron chi connectivity index (χ0n) is 74.3. The highest BCUT2D eigenvalue weighted by Crippen LogP contribution is 2.30. The van der Waals surface area contributed by atoms with Crippen molar-refractivity contribution in [2.24, 2.45) is 10.2 Å². The average molecular weight is 1820 g/mol. The Kier molecular flexibility index (Phi) is 30.7. The van der Waals surface area contributed by atoms with Gasteiger partial charge in [0.15, 0.2) is 0 Å². The van der Waals surface area contributed by atoms with Gasteiger partial charge < -0.3 is 78.3 Å². The first-order valence-corrected chi connectivity index (χ1v) is 46.1. The minimum absolute atomic E-state index is 0.0755. The van der Waals surface area contributed by atoms with E-state index in [0.717, 1.165) is 31.4 Å². The molecule has 8 aromatic rings. The lowest BCUT2D eigenvalue weighted by molar-refractivity contribution is -0.384. The number of likely N-dealkylation sites (N-methyl/N-ethyl adjacent to an activating group) is 1. The molecule has 12 atom stereocenters. The fraction of sp³-hybridized carbons (Fsp3) is 0.380. The molecule has 5 fully saturated rings. The summed E-state index contributed by atoms with van der Waals surface area (Å²) in [6.07, 6.45) is 8.50. The molecule has 696 valence electrons. The lowest BCUT2D eigenvalue weighted by atomic mass is 9.89. The third-order valence-corrected chi connectivity index (χ3v) is 26.1. The summed E-state index contributed by atoms with van der Waals surface area (Å²) in [5, 5.41) is 56.0. The number of hydrogen-bond acceptors (Lipinski definition) is 20. The van der Waals surface area contributed by atoms with Crippen LogP contribution >= 0.6 is 0 Å². The number of nitrogens with one attached hydrogen (secondary N) is 12. The number of ether oxygens (including phenoxy) is 1. The van der Waals surface area contributed by atoms with Gasteiger partial charge in [0.25, 0.3) is 64.8 Å². The summed E-state index contributed by atoms with van der Waals surface area (Å²) in [6.45, 7) is 2.03. The van der Waals surface area contributed by atoms with Crippen molar-refractivity contribution in [1.29, 1.82) is 0 Å². The van der Waals surface area contributed by atoms with Gasteiger partial charge in [0.1, 0.15) is 18.7 Å². The first kappa shape index (κ1) is 93.8. The Morgan fingerprint density at radius 3 is 1.04 bits per heavy atom. The van der Waals surface area contributed by atoms with Crippen LogP contribution in [0.2, 0.25) is 0 Å². The molecule has 15 rings (SSSR count). The molecule has 1 saturated heterocycles. The molecule has 134 heavy (non-hydrogen) atoms. The molecule has 13 amide bonds. The monoisotopic (exact) mass is 1820 g/mol. The van der Waals surface area contributed by atoms with Crippen LogP contribution in [-0.2, 0) is 36.8 Å². The molecule has 0 radical (unpaired) electrons. The van der Waals surface area contributed by atoms with Gasteiger partial charge in [-0.05, 0) is 179 Å². The van der Waals surface area contributed by atoms with Crippen LogP contribution in [-0.4, -0.2) is 198 Å². The second-order valence-corrected chi connectivity index (χ2v) is 35.3. The lowest BCUT2D eigenvalue weighted by Gasteiger charge is -2.33. The molecule has 7 aliphatic rings. The number of carbonyl (C=O) groups is 14. The maximum Gasteiger partial charge on any atom is 0.306 e. The highest BCUT2D eigenvalue weighted by molar-refractivity contribution is 6.08. The number of esters is 1. The number of likely N-dealkylation sites (tertiary alicyclic amines) is 1. The van der Waals surface area contributed by atoms with Crippen LogP contribution in [0.1, 0.15) is 237 Å². The molecule has 8 bridgehead atoms. The number of nitro benzene ring substituents is 1. The number of benzene rings is 8. The number of carbonyl (C=O) groups excluding carboxylic acids is 14. The number of non-ortho nitro benzene ring substituents is 1. The quantitative estimate of drug-likeness (QED) is 0.0123. The van der Waals surface area contributed by atoms with Gasteiger partial charge in [-0.1, -0.05) is 124 Å². The first-order valence-electron chi connectivity index (χ1n) is 46.1. The normalized spacial score (nSPS) is 22.0. The van der Waals surface area contributed by atoms with E-state index in [1.54, 1.807) is 109 Å². The number of azo groups is 1. The summed E-state index contributed by atoms with van der Waals surface area (Å²) < 4.78 is 5.71. The fourth-order valence-electron chi connectivity index (χ4n) is 18.7. The Morgan fingerprint density at radius 2 is 0.724 bits per heavy atom. The largest absolute Gasteiger partial charge is 0.464 e. The maximum atomic E-state index is 15.7. The van der Waals surface area contributed by atoms with Gasteiger partial charge in [-0.3, -0.25) is 77.2 Å². The Bertz CT molecular complexity index is 5340. The summed E-state index contributed by atoms with van der Waals surface area (Å²) >= 11 is 0. The van der Waals surface area contributed by atoms with Crippen LogP contribution in [0.15, 0.2) is 204 Å². The Hall–Kier alpha value is -14.9. The third-order valence-electron chi connectivity index (χ3n) is 26.1. The summed E-state index contributed by atoms with van der Waals surface area (Å²) in [4.78, 5) is 220. The molecule has 3 heterocycles. The molecule has 12 N–H and O–H groups in total. The SMILES string of the molecule is CCN(CCOC(=O)CCC(=O)N1C[C@@H](NC(=O)[C@H](Cc2ccccc2)NC(=O)c2cc3cc(c2)C(=O)N[C@@H]2CCCCC2NC(=O)c2cccc(c2)C(=O)N[C@@H]2CCCCC2NC3=O)[C@H](NC(=O)[C@H](Cc2ccccc2)NC(=O)c2cc3cc(c2)C(=O)N[C@@H]2CCCCC2NC(=O)c2cccc(c2)C(=O)N[C@@H]2CCCCC2NC3=O)C1)c1ccc(N=Nc2ccc([N+](=O)[O-])cc2)cc1. The van der Waals surface area contributed by atoms with Gasteiger partial charge in [0, 0.05) is 161 Å². The van der Waals surface area contributed by atoms with Crippen LogP contribution in [0.4, 0.5) is 22.7 Å². The summed E-state index contributed by atoms with van der Waals surface area (Å²) in [5.41, 5.74) is 2.92. The van der Waals surface area contributed by atoms with E-state index >= 15 is 19.2 Å². The van der Waals surface area contributed by atoms with Crippen molar-refractivity contribution in [1.82, 2.24) is 68.7 Å². The van der Waals surface area contributed by atoms with Crippen molar-refractivity contribution in [3.8, 4) is 0 Å². The number of rotatable bonds is 23. The summed E-state index contributed by atoms with van der Waals surface area (Å²) in [7, 11) is 0. The van der Waals surface area contributed by atoms with E-state index in [4.69, 9.17) is 4.74 Å². The van der Waals surface area contributed by atoms with Gasteiger partial charge in [-0.2, -0.15) is 10.2 Å². The standard InChI is InChI=1S/C100H109N17O17/c1-2-115(73-39-35-71(36-40-73)113-114-72-37-41-74(42-38-72)117(132)133)45-46-134-88(119)44-43-87(118)116-57-85(111-99(130)83(47-59-19-5-3-6-20-59)109-97(128)69-53-65-51-66(54-69)94(125)106-80-32-14-10-28-76(80)102-90(121)62-24-17-23-61(49-62)89(120)101-75-27-9-13-31-79(75)105-93(65)124)86(58-116)112-100(131)84(48-60-21-7-4-8-22-60)110-98(129)70-55-67-52-68(56-70)96(127)108-82-34-16-12-30-78(82)104-92(123)64-26-18-25-63(50-64)91(122)103-77-29-11-15-33-81(77)107-95(67)126/h3-8,17-26,35-42,49-56,75-86H,2,9-16,27-34,43-48,57-58H2,1H3,(H,101,120)(H,102,121)(H,103,122)(H,104,123)(H,105,124)(H,106,125)(H,107,126)(H,108,127)(H,109,128)(H,110,129)(H,111,130)(H,112,131)/t75-,76?,77-,78?,79?,80-,81?,82-,83+,84+,85-,86-/m1/s1. The van der Waals surface area contributed by atoms with E-state index in [2.05, 4.69) is 74.0 Å². The molecule has 4 unspecified atom stereocenters. The summed E-state index contributed by atoms with van der Waals surface area (Å²) in [6, 6.07) is 40.7. The van der Waals surface area contributed by atoms with E-state index in [-0.39, 0.29) is 107 Å². The number of anilines is 1. The Balaban J connectivity index is 0.704. The van der Waals surface area contributed by atoms with Crippen LogP contribution < -0.4 is 68.7 Å². The number of amides is 13. The third kappa shape index (κ3) is 24.3.